The number of carbonyl (C=O) groups excluding carboxylic acids is 4. The average Bonchev–Trinajstić information content (AvgIpc) is 3.09. The lowest BCUT2D eigenvalue weighted by Crippen LogP contribution is -2.60. The monoisotopic (exact) mass is 556 g/mol. The number of hydrogen-bond acceptors (Lipinski definition) is 7. The zero-order valence-electron chi connectivity index (χ0n) is 25.8. The maximum atomic E-state index is 13.6. The minimum Gasteiger partial charge on any atom is -0.458 e. The van der Waals surface area contributed by atoms with E-state index in [-0.39, 0.29) is 18.9 Å². The van der Waals surface area contributed by atoms with Crippen LogP contribution in [0.2, 0.25) is 16.6 Å². The van der Waals surface area contributed by atoms with Gasteiger partial charge in [0, 0.05) is 12.8 Å². The number of rotatable bonds is 10. The third-order valence-electron chi connectivity index (χ3n) is 7.07. The highest BCUT2D eigenvalue weighted by Crippen LogP contribution is 2.43. The molecule has 38 heavy (non-hydrogen) atoms. The first-order valence-corrected chi connectivity index (χ1v) is 15.9. The van der Waals surface area contributed by atoms with E-state index in [2.05, 4.69) is 46.9 Å². The third-order valence-corrected chi connectivity index (χ3v) is 13.2. The summed E-state index contributed by atoms with van der Waals surface area (Å²) in [5, 5.41) is 2.93. The molecule has 0 spiro atoms. The van der Waals surface area contributed by atoms with Crippen molar-refractivity contribution in [3.8, 4) is 0 Å². The molecule has 1 aliphatic heterocycles. The van der Waals surface area contributed by atoms with E-state index in [1.807, 2.05) is 0 Å². The van der Waals surface area contributed by atoms with Crippen molar-refractivity contribution in [2.45, 2.75) is 142 Å². The Morgan fingerprint density at radius 1 is 0.921 bits per heavy atom. The van der Waals surface area contributed by atoms with E-state index in [0.717, 1.165) is 6.29 Å². The Labute approximate surface area is 230 Å². The second-order valence-electron chi connectivity index (χ2n) is 13.4. The molecule has 1 fully saturated rings. The second-order valence-corrected chi connectivity index (χ2v) is 18.9. The Morgan fingerprint density at radius 2 is 1.39 bits per heavy atom. The van der Waals surface area contributed by atoms with E-state index in [9.17, 15) is 19.2 Å². The normalized spacial score (nSPS) is 21.6. The van der Waals surface area contributed by atoms with Crippen LogP contribution in [0.4, 0.5) is 4.79 Å². The quantitative estimate of drug-likeness (QED) is 0.223. The van der Waals surface area contributed by atoms with Crippen LogP contribution in [0, 0.1) is 5.92 Å². The Balaban J connectivity index is 3.61. The van der Waals surface area contributed by atoms with Crippen LogP contribution in [-0.4, -0.2) is 73.4 Å². The van der Waals surface area contributed by atoms with E-state index in [1.54, 1.807) is 41.5 Å². The number of esters is 1. The van der Waals surface area contributed by atoms with Crippen LogP contribution in [0.1, 0.15) is 96.4 Å². The summed E-state index contributed by atoms with van der Waals surface area (Å²) in [5.41, 5.74) is -0.746. The summed E-state index contributed by atoms with van der Waals surface area (Å²) < 4.78 is 18.1. The minimum absolute atomic E-state index is 0.0690. The number of amides is 2. The molecule has 0 aromatic rings. The van der Waals surface area contributed by atoms with E-state index in [1.165, 1.54) is 11.8 Å². The second kappa shape index (κ2) is 12.9. The fourth-order valence-corrected chi connectivity index (χ4v) is 11.4. The zero-order chi connectivity index (χ0) is 29.8. The number of nitrogens with one attached hydrogen (secondary N) is 1. The molecule has 1 rings (SSSR count). The summed E-state index contributed by atoms with van der Waals surface area (Å²) in [4.78, 5) is 52.9. The number of hydrogen-bond donors (Lipinski definition) is 1. The maximum Gasteiger partial charge on any atom is 0.411 e. The number of aldehydes is 1. The molecule has 2 amide bonds. The van der Waals surface area contributed by atoms with Crippen molar-refractivity contribution < 1.29 is 33.1 Å². The Kier molecular flexibility index (Phi) is 11.6. The predicted molar refractivity (Wildman–Crippen MR) is 150 cm³/mol. The molecule has 0 aliphatic carbocycles. The average molecular weight is 557 g/mol. The van der Waals surface area contributed by atoms with Crippen molar-refractivity contribution in [2.24, 2.45) is 5.92 Å². The van der Waals surface area contributed by atoms with Crippen LogP contribution in [0.25, 0.3) is 0 Å². The highest BCUT2D eigenvalue weighted by Gasteiger charge is 2.54. The number of ether oxygens (including phenoxy) is 2. The van der Waals surface area contributed by atoms with Gasteiger partial charge in [-0.15, -0.1) is 0 Å². The molecular formula is C28H52N2O7Si. The van der Waals surface area contributed by atoms with Crippen molar-refractivity contribution >= 4 is 32.6 Å². The smallest absolute Gasteiger partial charge is 0.411 e. The van der Waals surface area contributed by atoms with Gasteiger partial charge < -0.3 is 24.0 Å². The minimum atomic E-state index is -2.35. The van der Waals surface area contributed by atoms with Crippen molar-refractivity contribution in [3.05, 3.63) is 0 Å². The Morgan fingerprint density at radius 3 is 1.76 bits per heavy atom. The van der Waals surface area contributed by atoms with Gasteiger partial charge in [-0.3, -0.25) is 9.69 Å². The van der Waals surface area contributed by atoms with Gasteiger partial charge in [0.05, 0.1) is 18.7 Å². The molecule has 0 aromatic carbocycles. The summed E-state index contributed by atoms with van der Waals surface area (Å²) >= 11 is 0. The van der Waals surface area contributed by atoms with Gasteiger partial charge in [0.2, 0.25) is 5.91 Å². The van der Waals surface area contributed by atoms with Gasteiger partial charge in [-0.05, 0) is 64.6 Å². The molecule has 1 N–H and O–H groups in total. The van der Waals surface area contributed by atoms with Gasteiger partial charge >= 0.3 is 12.1 Å². The van der Waals surface area contributed by atoms with E-state index in [0.29, 0.717) is 16.6 Å². The molecule has 4 atom stereocenters. The topological polar surface area (TPSA) is 111 Å². The molecule has 0 unspecified atom stereocenters. The SMILES string of the molecule is CC(=O)N[C@@H](CO[Si](C(C)C)(C(C)C)C(C)C)[C@H]1[C@H](C=O)C[C@H](C(=O)OC(C)(C)C)N1C(=O)OC(C)(C)C. The lowest BCUT2D eigenvalue weighted by atomic mass is 9.95. The number of likely N-dealkylation sites (tertiary alicyclic amines) is 1. The largest absolute Gasteiger partial charge is 0.458 e. The first-order chi connectivity index (χ1) is 17.2. The molecular weight excluding hydrogens is 504 g/mol. The maximum absolute atomic E-state index is 13.6. The number of nitrogens with zero attached hydrogens (tertiary/aromatic N) is 1. The molecule has 0 radical (unpaired) electrons. The van der Waals surface area contributed by atoms with Crippen LogP contribution in [0.15, 0.2) is 0 Å². The van der Waals surface area contributed by atoms with E-state index >= 15 is 0 Å². The lowest BCUT2D eigenvalue weighted by Gasteiger charge is -2.44. The van der Waals surface area contributed by atoms with Gasteiger partial charge in [0.1, 0.15) is 23.5 Å². The van der Waals surface area contributed by atoms with Crippen molar-refractivity contribution in [2.75, 3.05) is 6.61 Å². The molecule has 9 nitrogen and oxygen atoms in total. The fraction of sp³-hybridized carbons (Fsp3) is 0.857. The summed E-state index contributed by atoms with van der Waals surface area (Å²) in [7, 11) is -2.35. The van der Waals surface area contributed by atoms with Gasteiger partial charge in [-0.1, -0.05) is 41.5 Å². The van der Waals surface area contributed by atoms with E-state index < -0.39 is 55.6 Å². The van der Waals surface area contributed by atoms with E-state index in [4.69, 9.17) is 13.9 Å². The highest BCUT2D eigenvalue weighted by atomic mass is 28.4. The van der Waals surface area contributed by atoms with Crippen LogP contribution in [-0.2, 0) is 28.3 Å². The standard InChI is InChI=1S/C28H52N2O7Si/c1-17(2)38(18(3)4,19(5)6)35-16-22(29-20(7)32)24-21(15-31)14-23(25(33)36-27(8,9)10)30(24)26(34)37-28(11,12)13/h15,17-19,21-24H,14,16H2,1-13H3,(H,29,32)/t21-,22-,23+,24+/m0/s1. The lowest BCUT2D eigenvalue weighted by molar-refractivity contribution is -0.160. The van der Waals surface area contributed by atoms with Crippen LogP contribution in [0.5, 0.6) is 0 Å². The molecule has 0 saturated carbocycles. The first kappa shape index (κ1) is 34.1. The Bertz CT molecular complexity index is 823. The van der Waals surface area contributed by atoms with Crippen molar-refractivity contribution in [1.82, 2.24) is 10.2 Å². The zero-order valence-corrected chi connectivity index (χ0v) is 26.8. The van der Waals surface area contributed by atoms with Crippen molar-refractivity contribution in [3.63, 3.8) is 0 Å². The fourth-order valence-electron chi connectivity index (χ4n) is 5.92. The number of carbonyl (C=O) groups is 4. The molecule has 1 saturated heterocycles. The third kappa shape index (κ3) is 8.53. The van der Waals surface area contributed by atoms with Crippen LogP contribution < -0.4 is 5.32 Å². The van der Waals surface area contributed by atoms with Gasteiger partial charge in [-0.25, -0.2) is 9.59 Å². The van der Waals surface area contributed by atoms with Gasteiger partial charge in [-0.2, -0.15) is 0 Å². The summed E-state index contributed by atoms with van der Waals surface area (Å²) in [5.74, 6) is -1.66. The van der Waals surface area contributed by atoms with Crippen LogP contribution >= 0.6 is 0 Å². The predicted octanol–water partition coefficient (Wildman–Crippen LogP) is 5.22. The Hall–Kier alpha value is -1.94. The van der Waals surface area contributed by atoms with Crippen LogP contribution in [0.3, 0.4) is 0 Å². The van der Waals surface area contributed by atoms with Gasteiger partial charge in [0.15, 0.2) is 8.32 Å². The van der Waals surface area contributed by atoms with Gasteiger partial charge in [0.25, 0.3) is 0 Å². The molecule has 220 valence electrons. The highest BCUT2D eigenvalue weighted by molar-refractivity contribution is 6.77. The molecule has 1 aliphatic rings. The summed E-state index contributed by atoms with van der Waals surface area (Å²) in [6.07, 6.45) is 0.0804. The molecule has 0 aromatic heterocycles. The first-order valence-electron chi connectivity index (χ1n) is 13.8. The molecule has 0 bridgehead atoms. The van der Waals surface area contributed by atoms with Crippen molar-refractivity contribution in [1.29, 1.82) is 0 Å². The summed E-state index contributed by atoms with van der Waals surface area (Å²) in [6, 6.07) is -2.62. The summed E-state index contributed by atoms with van der Waals surface area (Å²) in [6.45, 7) is 24.9. The molecule has 10 heteroatoms. The molecule has 1 heterocycles.